The Hall–Kier alpha value is -2.04. The number of hydrogen-bond acceptors (Lipinski definition) is 2. The number of rotatable bonds is 6. The van der Waals surface area contributed by atoms with E-state index in [0.717, 1.165) is 57.8 Å². The van der Waals surface area contributed by atoms with Crippen LogP contribution in [0.4, 0.5) is 0 Å². The highest BCUT2D eigenvalue weighted by Crippen LogP contribution is 2.32. The van der Waals surface area contributed by atoms with Crippen LogP contribution in [-0.4, -0.2) is 50.0 Å². The van der Waals surface area contributed by atoms with E-state index >= 15 is 0 Å². The second kappa shape index (κ2) is 9.77. The summed E-state index contributed by atoms with van der Waals surface area (Å²) in [4.78, 5) is 18.7. The number of aliphatic imine (C=N–C) groups is 1. The number of nitrogens with one attached hydrogen (secondary N) is 2. The van der Waals surface area contributed by atoms with Crippen LogP contribution in [0.5, 0.6) is 0 Å². The van der Waals surface area contributed by atoms with Gasteiger partial charge in [-0.15, -0.1) is 0 Å². The van der Waals surface area contributed by atoms with Gasteiger partial charge in [0.2, 0.25) is 5.91 Å². The van der Waals surface area contributed by atoms with E-state index < -0.39 is 0 Å². The van der Waals surface area contributed by atoms with Crippen LogP contribution >= 0.6 is 0 Å². The van der Waals surface area contributed by atoms with Gasteiger partial charge in [-0.3, -0.25) is 9.79 Å². The SMILES string of the molecule is CN=C(NCCCNC(=O)C1CCC1)N1CCC(c2ccccc2)C(C)C1. The summed E-state index contributed by atoms with van der Waals surface area (Å²) in [6.45, 7) is 5.98. The van der Waals surface area contributed by atoms with Crippen LogP contribution in [0.15, 0.2) is 35.3 Å². The van der Waals surface area contributed by atoms with Crippen LogP contribution in [0.3, 0.4) is 0 Å². The Kier molecular flexibility index (Phi) is 7.13. The Morgan fingerprint density at radius 2 is 1.89 bits per heavy atom. The van der Waals surface area contributed by atoms with Crippen molar-refractivity contribution in [2.75, 3.05) is 33.2 Å². The van der Waals surface area contributed by atoms with Crippen LogP contribution < -0.4 is 10.6 Å². The summed E-state index contributed by atoms with van der Waals surface area (Å²) >= 11 is 0. The standard InChI is InChI=1S/C22H34N4O/c1-17-16-26(15-12-20(17)18-8-4-3-5-9-18)22(23-2)25-14-7-13-24-21(27)19-10-6-11-19/h3-5,8-9,17,19-20H,6-7,10-16H2,1-2H3,(H,23,25)(H,24,27). The number of likely N-dealkylation sites (tertiary alicyclic amines) is 1. The van der Waals surface area contributed by atoms with Gasteiger partial charge in [0.25, 0.3) is 0 Å². The maximum atomic E-state index is 11.8. The molecule has 0 radical (unpaired) electrons. The maximum Gasteiger partial charge on any atom is 0.223 e. The van der Waals surface area contributed by atoms with Gasteiger partial charge in [-0.1, -0.05) is 43.7 Å². The molecule has 148 valence electrons. The number of carbonyl (C=O) groups excluding carboxylic acids is 1. The van der Waals surface area contributed by atoms with Gasteiger partial charge in [-0.2, -0.15) is 0 Å². The van der Waals surface area contributed by atoms with Gasteiger partial charge >= 0.3 is 0 Å². The van der Waals surface area contributed by atoms with Crippen molar-refractivity contribution >= 4 is 11.9 Å². The van der Waals surface area contributed by atoms with E-state index in [-0.39, 0.29) is 11.8 Å². The number of carbonyl (C=O) groups is 1. The van der Waals surface area contributed by atoms with Crippen molar-refractivity contribution in [3.63, 3.8) is 0 Å². The fourth-order valence-corrected chi connectivity index (χ4v) is 4.18. The highest BCUT2D eigenvalue weighted by molar-refractivity contribution is 5.80. The third kappa shape index (κ3) is 5.24. The first-order valence-corrected chi connectivity index (χ1v) is 10.5. The zero-order valence-corrected chi connectivity index (χ0v) is 16.8. The van der Waals surface area contributed by atoms with Gasteiger partial charge in [-0.05, 0) is 43.1 Å². The molecule has 0 spiro atoms. The van der Waals surface area contributed by atoms with E-state index in [4.69, 9.17) is 0 Å². The minimum Gasteiger partial charge on any atom is -0.356 e. The van der Waals surface area contributed by atoms with E-state index in [1.165, 1.54) is 12.0 Å². The molecule has 3 rings (SSSR count). The molecule has 27 heavy (non-hydrogen) atoms. The minimum atomic E-state index is 0.238. The molecule has 2 unspecified atom stereocenters. The zero-order chi connectivity index (χ0) is 19.1. The molecule has 5 heteroatoms. The summed E-state index contributed by atoms with van der Waals surface area (Å²) < 4.78 is 0. The Morgan fingerprint density at radius 1 is 1.15 bits per heavy atom. The van der Waals surface area contributed by atoms with Crippen molar-refractivity contribution in [3.05, 3.63) is 35.9 Å². The van der Waals surface area contributed by atoms with Crippen LogP contribution in [0, 0.1) is 11.8 Å². The zero-order valence-electron chi connectivity index (χ0n) is 16.8. The second-order valence-electron chi connectivity index (χ2n) is 7.98. The van der Waals surface area contributed by atoms with Crippen molar-refractivity contribution in [3.8, 4) is 0 Å². The lowest BCUT2D eigenvalue weighted by atomic mass is 9.82. The summed E-state index contributed by atoms with van der Waals surface area (Å²) in [5, 5.41) is 6.52. The van der Waals surface area contributed by atoms with Crippen LogP contribution in [-0.2, 0) is 4.79 Å². The molecular weight excluding hydrogens is 336 g/mol. The molecule has 2 N–H and O–H groups in total. The topological polar surface area (TPSA) is 56.7 Å². The average Bonchev–Trinajstić information content (AvgIpc) is 2.64. The molecule has 1 saturated carbocycles. The minimum absolute atomic E-state index is 0.238. The maximum absolute atomic E-state index is 11.8. The monoisotopic (exact) mass is 370 g/mol. The van der Waals surface area contributed by atoms with E-state index in [1.54, 1.807) is 0 Å². The fraction of sp³-hybridized carbons (Fsp3) is 0.636. The number of guanidine groups is 1. The number of benzene rings is 1. The van der Waals surface area contributed by atoms with E-state index in [2.05, 4.69) is 57.8 Å². The normalized spacial score (nSPS) is 23.6. The predicted octanol–water partition coefficient (Wildman–Crippen LogP) is 2.99. The number of nitrogens with zero attached hydrogens (tertiary/aromatic N) is 2. The molecule has 1 aromatic rings. The Morgan fingerprint density at radius 3 is 2.52 bits per heavy atom. The van der Waals surface area contributed by atoms with Crippen LogP contribution in [0.2, 0.25) is 0 Å². The van der Waals surface area contributed by atoms with Gasteiger partial charge in [0.15, 0.2) is 5.96 Å². The molecule has 2 fully saturated rings. The second-order valence-corrected chi connectivity index (χ2v) is 7.98. The number of piperidine rings is 1. The van der Waals surface area contributed by atoms with Crippen molar-refractivity contribution in [2.24, 2.45) is 16.8 Å². The van der Waals surface area contributed by atoms with Crippen LogP contribution in [0.25, 0.3) is 0 Å². The van der Waals surface area contributed by atoms with Crippen molar-refractivity contribution in [2.45, 2.75) is 44.9 Å². The lowest BCUT2D eigenvalue weighted by Crippen LogP contribution is -2.48. The predicted molar refractivity (Wildman–Crippen MR) is 111 cm³/mol. The molecule has 1 heterocycles. The van der Waals surface area contributed by atoms with E-state index in [9.17, 15) is 4.79 Å². The smallest absolute Gasteiger partial charge is 0.223 e. The summed E-state index contributed by atoms with van der Waals surface area (Å²) in [7, 11) is 1.86. The van der Waals surface area contributed by atoms with Crippen molar-refractivity contribution < 1.29 is 4.79 Å². The molecule has 0 bridgehead atoms. The summed E-state index contributed by atoms with van der Waals surface area (Å²) in [6, 6.07) is 10.9. The summed E-state index contributed by atoms with van der Waals surface area (Å²) in [5.41, 5.74) is 1.45. The molecule has 0 aromatic heterocycles. The first-order chi connectivity index (χ1) is 13.2. The Balaban J connectivity index is 1.38. The number of hydrogen-bond donors (Lipinski definition) is 2. The van der Waals surface area contributed by atoms with Gasteiger partial charge in [-0.25, -0.2) is 0 Å². The molecule has 2 atom stereocenters. The third-order valence-electron chi connectivity index (χ3n) is 6.06. The van der Waals surface area contributed by atoms with Gasteiger partial charge in [0.1, 0.15) is 0 Å². The molecule has 1 saturated heterocycles. The highest BCUT2D eigenvalue weighted by Gasteiger charge is 2.28. The lowest BCUT2D eigenvalue weighted by Gasteiger charge is -2.39. The highest BCUT2D eigenvalue weighted by atomic mass is 16.1. The van der Waals surface area contributed by atoms with E-state index in [0.29, 0.717) is 11.8 Å². The van der Waals surface area contributed by atoms with Gasteiger partial charge in [0, 0.05) is 39.1 Å². The number of amides is 1. The Bertz CT molecular complexity index is 626. The average molecular weight is 371 g/mol. The molecular formula is C22H34N4O. The Labute approximate surface area is 163 Å². The molecule has 1 aliphatic carbocycles. The first-order valence-electron chi connectivity index (χ1n) is 10.5. The largest absolute Gasteiger partial charge is 0.356 e. The summed E-state index contributed by atoms with van der Waals surface area (Å²) in [5.74, 6) is 2.72. The van der Waals surface area contributed by atoms with Crippen molar-refractivity contribution in [1.82, 2.24) is 15.5 Å². The molecule has 5 nitrogen and oxygen atoms in total. The quantitative estimate of drug-likeness (QED) is 0.460. The van der Waals surface area contributed by atoms with Crippen molar-refractivity contribution in [1.29, 1.82) is 0 Å². The summed E-state index contributed by atoms with van der Waals surface area (Å²) in [6.07, 6.45) is 5.41. The third-order valence-corrected chi connectivity index (χ3v) is 6.06. The van der Waals surface area contributed by atoms with Crippen LogP contribution in [0.1, 0.15) is 50.5 Å². The van der Waals surface area contributed by atoms with Gasteiger partial charge < -0.3 is 15.5 Å². The fourth-order valence-electron chi connectivity index (χ4n) is 4.18. The molecule has 1 aliphatic heterocycles. The van der Waals surface area contributed by atoms with Gasteiger partial charge in [0.05, 0.1) is 0 Å². The molecule has 2 aliphatic rings. The van der Waals surface area contributed by atoms with E-state index in [1.807, 2.05) is 7.05 Å². The lowest BCUT2D eigenvalue weighted by molar-refractivity contribution is -0.127. The first kappa shape index (κ1) is 19.7. The molecule has 1 amide bonds. The molecule has 1 aromatic carbocycles.